The zero-order valence-corrected chi connectivity index (χ0v) is 10.5. The van der Waals surface area contributed by atoms with Gasteiger partial charge in [-0.05, 0) is 46.6 Å². The van der Waals surface area contributed by atoms with Crippen molar-refractivity contribution in [1.82, 2.24) is 0 Å². The molecule has 1 aliphatic rings. The summed E-state index contributed by atoms with van der Waals surface area (Å²) in [7, 11) is 0. The van der Waals surface area contributed by atoms with Crippen LogP contribution >= 0.6 is 0 Å². The number of ether oxygens (including phenoxy) is 2. The zero-order valence-electron chi connectivity index (χ0n) is 10.5. The SMILES string of the molecule is CC(C)(C)OC(=O)C1(CCN)CCOCC1. The van der Waals surface area contributed by atoms with Gasteiger partial charge >= 0.3 is 5.97 Å². The molecule has 1 heterocycles. The highest BCUT2D eigenvalue weighted by atomic mass is 16.6. The first-order chi connectivity index (χ1) is 7.40. The van der Waals surface area contributed by atoms with Crippen molar-refractivity contribution in [3.8, 4) is 0 Å². The Morgan fingerprint density at radius 1 is 1.38 bits per heavy atom. The summed E-state index contributed by atoms with van der Waals surface area (Å²) in [6, 6.07) is 0. The molecule has 0 radical (unpaired) electrons. The van der Waals surface area contributed by atoms with Gasteiger partial charge in [0.15, 0.2) is 0 Å². The summed E-state index contributed by atoms with van der Waals surface area (Å²) in [6.45, 7) is 7.43. The van der Waals surface area contributed by atoms with Crippen LogP contribution in [-0.2, 0) is 14.3 Å². The van der Waals surface area contributed by atoms with E-state index in [1.165, 1.54) is 0 Å². The van der Waals surface area contributed by atoms with Crippen LogP contribution in [-0.4, -0.2) is 31.3 Å². The predicted molar refractivity (Wildman–Crippen MR) is 62.0 cm³/mol. The fraction of sp³-hybridized carbons (Fsp3) is 0.917. The molecule has 0 aromatic carbocycles. The van der Waals surface area contributed by atoms with E-state index in [2.05, 4.69) is 0 Å². The molecule has 0 aromatic rings. The number of nitrogens with two attached hydrogens (primary N) is 1. The van der Waals surface area contributed by atoms with Crippen molar-refractivity contribution < 1.29 is 14.3 Å². The van der Waals surface area contributed by atoms with Gasteiger partial charge in [-0.15, -0.1) is 0 Å². The second-order valence-corrected chi connectivity index (χ2v) is 5.43. The van der Waals surface area contributed by atoms with Crippen molar-refractivity contribution in [2.45, 2.75) is 45.6 Å². The molecule has 0 atom stereocenters. The Kier molecular flexibility index (Phi) is 4.33. The molecule has 0 saturated carbocycles. The Labute approximate surface area is 97.5 Å². The minimum atomic E-state index is -0.434. The van der Waals surface area contributed by atoms with Crippen LogP contribution in [0.2, 0.25) is 0 Å². The van der Waals surface area contributed by atoms with Crippen LogP contribution in [0.3, 0.4) is 0 Å². The van der Waals surface area contributed by atoms with E-state index in [0.29, 0.717) is 26.2 Å². The summed E-state index contributed by atoms with van der Waals surface area (Å²) >= 11 is 0. The van der Waals surface area contributed by atoms with Crippen LogP contribution in [0.5, 0.6) is 0 Å². The molecule has 2 N–H and O–H groups in total. The van der Waals surface area contributed by atoms with E-state index in [4.69, 9.17) is 15.2 Å². The standard InChI is InChI=1S/C12H23NO3/c1-11(2,3)16-10(14)12(4-7-13)5-8-15-9-6-12/h4-9,13H2,1-3H3. The Balaban J connectivity index is 2.72. The maximum absolute atomic E-state index is 12.2. The molecule has 0 unspecified atom stereocenters. The van der Waals surface area contributed by atoms with Gasteiger partial charge in [-0.1, -0.05) is 0 Å². The summed E-state index contributed by atoms with van der Waals surface area (Å²) in [6.07, 6.45) is 2.13. The largest absolute Gasteiger partial charge is 0.460 e. The van der Waals surface area contributed by atoms with E-state index in [1.807, 2.05) is 20.8 Å². The van der Waals surface area contributed by atoms with Gasteiger partial charge in [0.2, 0.25) is 0 Å². The lowest BCUT2D eigenvalue weighted by molar-refractivity contribution is -0.174. The number of carbonyl (C=O) groups is 1. The minimum Gasteiger partial charge on any atom is -0.460 e. The second-order valence-electron chi connectivity index (χ2n) is 5.43. The summed E-state index contributed by atoms with van der Waals surface area (Å²) in [4.78, 5) is 12.2. The van der Waals surface area contributed by atoms with Crippen molar-refractivity contribution >= 4 is 5.97 Å². The highest BCUT2D eigenvalue weighted by Gasteiger charge is 2.42. The van der Waals surface area contributed by atoms with E-state index in [-0.39, 0.29) is 5.97 Å². The molecule has 4 heteroatoms. The topological polar surface area (TPSA) is 61.5 Å². The van der Waals surface area contributed by atoms with Crippen molar-refractivity contribution in [1.29, 1.82) is 0 Å². The maximum Gasteiger partial charge on any atom is 0.312 e. The van der Waals surface area contributed by atoms with Gasteiger partial charge in [0, 0.05) is 13.2 Å². The lowest BCUT2D eigenvalue weighted by atomic mass is 9.77. The van der Waals surface area contributed by atoms with Crippen LogP contribution in [0.4, 0.5) is 0 Å². The Hall–Kier alpha value is -0.610. The first-order valence-corrected chi connectivity index (χ1v) is 5.91. The summed E-state index contributed by atoms with van der Waals surface area (Å²) in [5.41, 5.74) is 4.75. The molecule has 0 aliphatic carbocycles. The average Bonchev–Trinajstić information content (AvgIpc) is 2.17. The lowest BCUT2D eigenvalue weighted by Crippen LogP contribution is -2.43. The van der Waals surface area contributed by atoms with Crippen molar-refractivity contribution in [2.24, 2.45) is 11.1 Å². The second kappa shape index (κ2) is 5.15. The molecular weight excluding hydrogens is 206 g/mol. The smallest absolute Gasteiger partial charge is 0.312 e. The maximum atomic E-state index is 12.2. The van der Waals surface area contributed by atoms with Gasteiger partial charge in [0.25, 0.3) is 0 Å². The predicted octanol–water partition coefficient (Wildman–Crippen LogP) is 1.47. The van der Waals surface area contributed by atoms with Gasteiger partial charge in [-0.3, -0.25) is 4.79 Å². The monoisotopic (exact) mass is 229 g/mol. The molecule has 0 spiro atoms. The summed E-state index contributed by atoms with van der Waals surface area (Å²) < 4.78 is 10.8. The fourth-order valence-corrected chi connectivity index (χ4v) is 1.98. The van der Waals surface area contributed by atoms with Gasteiger partial charge in [0.1, 0.15) is 5.60 Å². The molecule has 1 fully saturated rings. The molecule has 94 valence electrons. The number of carbonyl (C=O) groups excluding carboxylic acids is 1. The molecule has 1 saturated heterocycles. The van der Waals surface area contributed by atoms with Crippen LogP contribution < -0.4 is 5.73 Å². The van der Waals surface area contributed by atoms with Gasteiger partial charge < -0.3 is 15.2 Å². The molecular formula is C12H23NO3. The Morgan fingerprint density at radius 2 is 1.94 bits per heavy atom. The fourth-order valence-electron chi connectivity index (χ4n) is 1.98. The number of hydrogen-bond acceptors (Lipinski definition) is 4. The van der Waals surface area contributed by atoms with E-state index < -0.39 is 11.0 Å². The molecule has 0 aromatic heterocycles. The summed E-state index contributed by atoms with van der Waals surface area (Å²) in [5, 5.41) is 0. The first-order valence-electron chi connectivity index (χ1n) is 5.91. The minimum absolute atomic E-state index is 0.117. The molecule has 1 rings (SSSR count). The van der Waals surface area contributed by atoms with Crippen LogP contribution in [0, 0.1) is 5.41 Å². The normalized spacial score (nSPS) is 20.5. The van der Waals surface area contributed by atoms with E-state index >= 15 is 0 Å². The third-order valence-corrected chi connectivity index (χ3v) is 2.90. The number of esters is 1. The third-order valence-electron chi connectivity index (χ3n) is 2.90. The quantitative estimate of drug-likeness (QED) is 0.744. The van der Waals surface area contributed by atoms with Crippen molar-refractivity contribution in [3.63, 3.8) is 0 Å². The molecule has 0 bridgehead atoms. The zero-order chi connectivity index (χ0) is 12.2. The van der Waals surface area contributed by atoms with E-state index in [1.54, 1.807) is 0 Å². The highest BCUT2D eigenvalue weighted by Crippen LogP contribution is 2.36. The van der Waals surface area contributed by atoms with Crippen molar-refractivity contribution in [3.05, 3.63) is 0 Å². The third kappa shape index (κ3) is 3.46. The summed E-state index contributed by atoms with van der Waals surface area (Å²) in [5.74, 6) is -0.117. The van der Waals surface area contributed by atoms with Crippen LogP contribution in [0.1, 0.15) is 40.0 Å². The lowest BCUT2D eigenvalue weighted by Gasteiger charge is -2.36. The average molecular weight is 229 g/mol. The van der Waals surface area contributed by atoms with E-state index in [0.717, 1.165) is 12.8 Å². The number of hydrogen-bond donors (Lipinski definition) is 1. The molecule has 4 nitrogen and oxygen atoms in total. The highest BCUT2D eigenvalue weighted by molar-refractivity contribution is 5.77. The number of rotatable bonds is 3. The molecule has 16 heavy (non-hydrogen) atoms. The Bertz CT molecular complexity index is 234. The molecule has 1 aliphatic heterocycles. The van der Waals surface area contributed by atoms with Gasteiger partial charge in [-0.2, -0.15) is 0 Å². The van der Waals surface area contributed by atoms with Crippen molar-refractivity contribution in [2.75, 3.05) is 19.8 Å². The van der Waals surface area contributed by atoms with Crippen LogP contribution in [0.15, 0.2) is 0 Å². The van der Waals surface area contributed by atoms with Crippen LogP contribution in [0.25, 0.3) is 0 Å². The van der Waals surface area contributed by atoms with E-state index in [9.17, 15) is 4.79 Å². The Morgan fingerprint density at radius 3 is 2.38 bits per heavy atom. The van der Waals surface area contributed by atoms with Gasteiger partial charge in [0.05, 0.1) is 5.41 Å². The molecule has 0 amide bonds. The van der Waals surface area contributed by atoms with Gasteiger partial charge in [-0.25, -0.2) is 0 Å². The first kappa shape index (κ1) is 13.5.